The highest BCUT2D eigenvalue weighted by Crippen LogP contribution is 2.20. The molecule has 3 heteroatoms. The van der Waals surface area contributed by atoms with Gasteiger partial charge in [-0.05, 0) is 18.1 Å². The Balaban J connectivity index is 2.45. The summed E-state index contributed by atoms with van der Waals surface area (Å²) in [7, 11) is 0. The summed E-state index contributed by atoms with van der Waals surface area (Å²) in [6.45, 7) is 5.40. The maximum atomic E-state index is 8.91. The quantitative estimate of drug-likeness (QED) is 0.803. The van der Waals surface area contributed by atoms with E-state index in [1.165, 1.54) is 0 Å². The summed E-state index contributed by atoms with van der Waals surface area (Å²) in [5.41, 5.74) is 2.14. The van der Waals surface area contributed by atoms with Gasteiger partial charge in [-0.1, -0.05) is 38.8 Å². The van der Waals surface area contributed by atoms with Gasteiger partial charge in [0.1, 0.15) is 5.82 Å². The van der Waals surface area contributed by atoms with Crippen LogP contribution in [-0.2, 0) is 13.0 Å². The second-order valence-electron chi connectivity index (χ2n) is 4.64. The summed E-state index contributed by atoms with van der Waals surface area (Å²) in [4.78, 5) is 4.56. The first kappa shape index (κ1) is 12.6. The number of imidazole rings is 1. The summed E-state index contributed by atoms with van der Waals surface area (Å²) in [6.07, 6.45) is 2.71. The number of aromatic nitrogens is 2. The van der Waals surface area contributed by atoms with E-state index in [1.807, 2.05) is 18.2 Å². The van der Waals surface area contributed by atoms with Crippen LogP contribution in [0.5, 0.6) is 0 Å². The van der Waals surface area contributed by atoms with Crippen molar-refractivity contribution in [3.63, 3.8) is 0 Å². The highest BCUT2D eigenvalue weighted by Gasteiger charge is 2.13. The number of rotatable bonds is 5. The molecule has 2 aromatic rings. The lowest BCUT2D eigenvalue weighted by atomic mass is 10.0. The van der Waals surface area contributed by atoms with Gasteiger partial charge in [-0.2, -0.15) is 5.26 Å². The Morgan fingerprint density at radius 2 is 2.00 bits per heavy atom. The van der Waals surface area contributed by atoms with E-state index in [4.69, 9.17) is 5.26 Å². The number of fused-ring (bicyclic) bond motifs is 1. The summed E-state index contributed by atoms with van der Waals surface area (Å²) in [6, 6.07) is 10.3. The van der Waals surface area contributed by atoms with Crippen LogP contribution < -0.4 is 0 Å². The summed E-state index contributed by atoms with van der Waals surface area (Å²) >= 11 is 0. The molecule has 0 aliphatic heterocycles. The lowest BCUT2D eigenvalue weighted by Gasteiger charge is -2.15. The molecule has 2 rings (SSSR count). The molecule has 0 aliphatic carbocycles. The molecular weight excluding hydrogens is 222 g/mol. The molecule has 0 saturated heterocycles. The molecule has 0 radical (unpaired) electrons. The van der Waals surface area contributed by atoms with E-state index in [0.29, 0.717) is 12.3 Å². The molecule has 0 amide bonds. The van der Waals surface area contributed by atoms with Crippen LogP contribution in [0.25, 0.3) is 11.0 Å². The largest absolute Gasteiger partial charge is 0.327 e. The SMILES string of the molecule is CCC(CC)Cn1c(CC#N)nc2ccccc21. The van der Waals surface area contributed by atoms with E-state index in [9.17, 15) is 0 Å². The molecule has 0 bridgehead atoms. The van der Waals surface area contributed by atoms with Gasteiger partial charge in [0.15, 0.2) is 0 Å². The van der Waals surface area contributed by atoms with Crippen LogP contribution in [0.3, 0.4) is 0 Å². The molecular formula is C15H19N3. The van der Waals surface area contributed by atoms with Gasteiger partial charge < -0.3 is 4.57 Å². The third kappa shape index (κ3) is 2.38. The van der Waals surface area contributed by atoms with Crippen LogP contribution in [0.1, 0.15) is 32.5 Å². The molecule has 1 aromatic carbocycles. The topological polar surface area (TPSA) is 41.6 Å². The van der Waals surface area contributed by atoms with Crippen LogP contribution in [0.2, 0.25) is 0 Å². The highest BCUT2D eigenvalue weighted by atomic mass is 15.1. The Kier molecular flexibility index (Phi) is 3.99. The molecule has 94 valence electrons. The Morgan fingerprint density at radius 1 is 1.28 bits per heavy atom. The molecule has 3 nitrogen and oxygen atoms in total. The maximum Gasteiger partial charge on any atom is 0.124 e. The summed E-state index contributed by atoms with van der Waals surface area (Å²) in [5.74, 6) is 1.55. The molecule has 0 spiro atoms. The van der Waals surface area contributed by atoms with Crippen molar-refractivity contribution in [1.82, 2.24) is 9.55 Å². The molecule has 0 N–H and O–H groups in total. The van der Waals surface area contributed by atoms with Gasteiger partial charge in [-0.3, -0.25) is 0 Å². The zero-order valence-electron chi connectivity index (χ0n) is 11.1. The van der Waals surface area contributed by atoms with Crippen molar-refractivity contribution in [2.75, 3.05) is 0 Å². The van der Waals surface area contributed by atoms with Crippen LogP contribution in [-0.4, -0.2) is 9.55 Å². The van der Waals surface area contributed by atoms with Crippen molar-refractivity contribution in [3.05, 3.63) is 30.1 Å². The minimum Gasteiger partial charge on any atom is -0.327 e. The molecule has 0 saturated carbocycles. The number of benzene rings is 1. The number of hydrogen-bond donors (Lipinski definition) is 0. The van der Waals surface area contributed by atoms with Crippen molar-refractivity contribution >= 4 is 11.0 Å². The molecule has 0 unspecified atom stereocenters. The fourth-order valence-electron chi connectivity index (χ4n) is 2.34. The third-order valence-corrected chi connectivity index (χ3v) is 3.57. The monoisotopic (exact) mass is 241 g/mol. The molecule has 0 fully saturated rings. The highest BCUT2D eigenvalue weighted by molar-refractivity contribution is 5.75. The van der Waals surface area contributed by atoms with Gasteiger partial charge in [0, 0.05) is 6.54 Å². The van der Waals surface area contributed by atoms with Gasteiger partial charge in [-0.25, -0.2) is 4.98 Å². The zero-order valence-corrected chi connectivity index (χ0v) is 11.1. The summed E-state index contributed by atoms with van der Waals surface area (Å²) < 4.78 is 2.22. The molecule has 0 aliphatic rings. The van der Waals surface area contributed by atoms with Crippen LogP contribution >= 0.6 is 0 Å². The van der Waals surface area contributed by atoms with Crippen LogP contribution in [0, 0.1) is 17.2 Å². The van der Waals surface area contributed by atoms with E-state index in [1.54, 1.807) is 0 Å². The normalized spacial score (nSPS) is 11.0. The van der Waals surface area contributed by atoms with Gasteiger partial charge >= 0.3 is 0 Å². The van der Waals surface area contributed by atoms with E-state index in [0.717, 1.165) is 36.2 Å². The first-order valence-corrected chi connectivity index (χ1v) is 6.61. The standard InChI is InChI=1S/C15H19N3/c1-3-12(4-2)11-18-14-8-6-5-7-13(14)17-15(18)9-10-16/h5-8,12H,3-4,9,11H2,1-2H3. The lowest BCUT2D eigenvalue weighted by molar-refractivity contribution is 0.418. The first-order chi connectivity index (χ1) is 8.80. The second-order valence-corrected chi connectivity index (χ2v) is 4.64. The average molecular weight is 241 g/mol. The Bertz CT molecular complexity index is 559. The van der Waals surface area contributed by atoms with Gasteiger partial charge in [0.2, 0.25) is 0 Å². The summed E-state index contributed by atoms with van der Waals surface area (Å²) in [5, 5.41) is 8.91. The average Bonchev–Trinajstić information content (AvgIpc) is 2.74. The number of nitrogens with zero attached hydrogens (tertiary/aromatic N) is 3. The van der Waals surface area contributed by atoms with E-state index >= 15 is 0 Å². The predicted molar refractivity (Wildman–Crippen MR) is 73.1 cm³/mol. The minimum absolute atomic E-state index is 0.384. The Morgan fingerprint density at radius 3 is 2.67 bits per heavy atom. The van der Waals surface area contributed by atoms with Crippen molar-refractivity contribution < 1.29 is 0 Å². The maximum absolute atomic E-state index is 8.91. The van der Waals surface area contributed by atoms with E-state index in [-0.39, 0.29) is 0 Å². The van der Waals surface area contributed by atoms with E-state index < -0.39 is 0 Å². The second kappa shape index (κ2) is 5.68. The van der Waals surface area contributed by atoms with Crippen LogP contribution in [0.4, 0.5) is 0 Å². The Labute approximate surface area is 108 Å². The third-order valence-electron chi connectivity index (χ3n) is 3.57. The van der Waals surface area contributed by atoms with Crippen molar-refractivity contribution in [1.29, 1.82) is 5.26 Å². The van der Waals surface area contributed by atoms with Crippen molar-refractivity contribution in [2.45, 2.75) is 39.7 Å². The fourth-order valence-corrected chi connectivity index (χ4v) is 2.34. The predicted octanol–water partition coefficient (Wildman–Crippen LogP) is 3.54. The van der Waals surface area contributed by atoms with Gasteiger partial charge in [0.05, 0.1) is 23.5 Å². The minimum atomic E-state index is 0.384. The molecule has 1 heterocycles. The smallest absolute Gasteiger partial charge is 0.124 e. The van der Waals surface area contributed by atoms with Gasteiger partial charge in [0.25, 0.3) is 0 Å². The number of nitriles is 1. The molecule has 0 atom stereocenters. The van der Waals surface area contributed by atoms with E-state index in [2.05, 4.69) is 35.5 Å². The zero-order chi connectivity index (χ0) is 13.0. The lowest BCUT2D eigenvalue weighted by Crippen LogP contribution is -2.12. The Hall–Kier alpha value is -1.82. The van der Waals surface area contributed by atoms with Crippen molar-refractivity contribution in [3.8, 4) is 6.07 Å². The molecule has 1 aromatic heterocycles. The van der Waals surface area contributed by atoms with Gasteiger partial charge in [-0.15, -0.1) is 0 Å². The van der Waals surface area contributed by atoms with Crippen molar-refractivity contribution in [2.24, 2.45) is 5.92 Å². The number of para-hydroxylation sites is 2. The number of hydrogen-bond acceptors (Lipinski definition) is 2. The van der Waals surface area contributed by atoms with Crippen LogP contribution in [0.15, 0.2) is 24.3 Å². The fraction of sp³-hybridized carbons (Fsp3) is 0.467. The first-order valence-electron chi connectivity index (χ1n) is 6.61. The molecule has 18 heavy (non-hydrogen) atoms.